The van der Waals surface area contributed by atoms with Gasteiger partial charge in [0.15, 0.2) is 0 Å². The predicted octanol–water partition coefficient (Wildman–Crippen LogP) is 2.90. The molecule has 0 bridgehead atoms. The summed E-state index contributed by atoms with van der Waals surface area (Å²) >= 11 is 0. The normalized spacial score (nSPS) is 12.0. The lowest BCUT2D eigenvalue weighted by Gasteiger charge is -2.29. The van der Waals surface area contributed by atoms with E-state index in [0.717, 1.165) is 50.2 Å². The number of ether oxygens (including phenoxy) is 1. The first-order valence-electron chi connectivity index (χ1n) is 8.28. The highest BCUT2D eigenvalue weighted by Crippen LogP contribution is 2.37. The van der Waals surface area contributed by atoms with Gasteiger partial charge in [-0.15, -0.1) is 34.1 Å². The average Bonchev–Trinajstić information content (AvgIpc) is 2.58. The first-order chi connectivity index (χ1) is 12.0. The summed E-state index contributed by atoms with van der Waals surface area (Å²) in [5, 5.41) is 26.0. The van der Waals surface area contributed by atoms with Gasteiger partial charge in [-0.2, -0.15) is 0 Å². The molecule has 1 aliphatic heterocycles. The second kappa shape index (κ2) is 13.5. The van der Waals surface area contributed by atoms with Crippen LogP contribution in [0.5, 0.6) is 5.75 Å². The summed E-state index contributed by atoms with van der Waals surface area (Å²) in [5.41, 5.74) is 3.56. The molecule has 1 heterocycles. The molecule has 9 heteroatoms. The van der Waals surface area contributed by atoms with Crippen LogP contribution in [0.3, 0.4) is 0 Å². The van der Waals surface area contributed by atoms with Gasteiger partial charge in [-0.05, 0) is 25.0 Å². The van der Waals surface area contributed by atoms with Gasteiger partial charge >= 0.3 is 0 Å². The Hall–Kier alpha value is -1.75. The number of likely N-dealkylation sites (N-methyl/N-ethyl adjacent to an activating group) is 1. The molecule has 0 spiro atoms. The van der Waals surface area contributed by atoms with Crippen molar-refractivity contribution in [2.75, 3.05) is 38.8 Å². The van der Waals surface area contributed by atoms with Crippen LogP contribution < -0.4 is 15.0 Å². The third-order valence-electron chi connectivity index (χ3n) is 3.86. The van der Waals surface area contributed by atoms with E-state index in [-0.39, 0.29) is 24.0 Å². The molecule has 1 aliphatic rings. The zero-order chi connectivity index (χ0) is 18.7. The molecule has 148 valence electrons. The van der Waals surface area contributed by atoms with Gasteiger partial charge in [0.1, 0.15) is 5.75 Å². The van der Waals surface area contributed by atoms with Crippen molar-refractivity contribution in [2.24, 2.45) is 0 Å². The lowest BCUT2D eigenvalue weighted by atomic mass is 10.0. The quantitative estimate of drug-likeness (QED) is 0.227. The van der Waals surface area contributed by atoms with Gasteiger partial charge in [0.2, 0.25) is 0 Å². The van der Waals surface area contributed by atoms with Gasteiger partial charge in [-0.1, -0.05) is 25.0 Å². The molecule has 0 aromatic heterocycles. The van der Waals surface area contributed by atoms with Crippen molar-refractivity contribution in [2.45, 2.75) is 25.7 Å². The smallest absolute Gasteiger partial charge is 0.291 e. The van der Waals surface area contributed by atoms with E-state index in [1.165, 1.54) is 11.3 Å². The Labute approximate surface area is 171 Å². The molecule has 0 aliphatic carbocycles. The van der Waals surface area contributed by atoms with Gasteiger partial charge in [0.25, 0.3) is 5.09 Å². The first kappa shape index (κ1) is 24.2. The Morgan fingerprint density at radius 2 is 1.96 bits per heavy atom. The van der Waals surface area contributed by atoms with Crippen LogP contribution >= 0.6 is 24.0 Å². The number of nitrogens with zero attached hydrogens (tertiary/aromatic N) is 2. The SMILES string of the molecule is COc1cccc2c1N(C)CC=C2NCCCCCCO.I.O=[N+]([O-])O. The maximum absolute atomic E-state index is 8.77. The number of halogens is 1. The van der Waals surface area contributed by atoms with Crippen LogP contribution in [0.1, 0.15) is 31.2 Å². The Balaban J connectivity index is 0.00000113. The number of anilines is 1. The van der Waals surface area contributed by atoms with E-state index < -0.39 is 5.09 Å². The fourth-order valence-electron chi connectivity index (χ4n) is 2.71. The summed E-state index contributed by atoms with van der Waals surface area (Å²) in [4.78, 5) is 10.6. The Morgan fingerprint density at radius 3 is 2.58 bits per heavy atom. The fourth-order valence-corrected chi connectivity index (χ4v) is 2.71. The summed E-state index contributed by atoms with van der Waals surface area (Å²) in [6.07, 6.45) is 6.53. The van der Waals surface area contributed by atoms with Gasteiger partial charge < -0.3 is 25.3 Å². The number of hydrogen-bond donors (Lipinski definition) is 3. The summed E-state index contributed by atoms with van der Waals surface area (Å²) in [7, 11) is 3.81. The predicted molar refractivity (Wildman–Crippen MR) is 112 cm³/mol. The van der Waals surface area contributed by atoms with Gasteiger partial charge in [-0.3, -0.25) is 0 Å². The highest BCUT2D eigenvalue weighted by atomic mass is 127. The van der Waals surface area contributed by atoms with E-state index >= 15 is 0 Å². The summed E-state index contributed by atoms with van der Waals surface area (Å²) in [6.45, 7) is 2.16. The molecule has 3 N–H and O–H groups in total. The summed E-state index contributed by atoms with van der Waals surface area (Å²) in [5.74, 6) is 0.922. The molecule has 0 radical (unpaired) electrons. The van der Waals surface area contributed by atoms with Crippen molar-refractivity contribution >= 4 is 35.4 Å². The van der Waals surface area contributed by atoms with Crippen LogP contribution in [-0.2, 0) is 0 Å². The van der Waals surface area contributed by atoms with Gasteiger partial charge in [0.05, 0.1) is 12.8 Å². The van der Waals surface area contributed by atoms with Crippen molar-refractivity contribution in [1.29, 1.82) is 0 Å². The van der Waals surface area contributed by atoms with E-state index in [1.807, 2.05) is 12.1 Å². The molecule has 1 aromatic carbocycles. The molecule has 26 heavy (non-hydrogen) atoms. The first-order valence-corrected chi connectivity index (χ1v) is 8.28. The monoisotopic (exact) mass is 481 g/mol. The highest BCUT2D eigenvalue weighted by Gasteiger charge is 2.19. The van der Waals surface area contributed by atoms with Gasteiger partial charge in [0, 0.05) is 38.0 Å². The molecular weight excluding hydrogens is 453 g/mol. The lowest BCUT2D eigenvalue weighted by molar-refractivity contribution is -0.742. The molecule has 0 amide bonds. The minimum atomic E-state index is -1.50. The molecule has 0 unspecified atom stereocenters. The second-order valence-corrected chi connectivity index (χ2v) is 5.66. The topological polar surface area (TPSA) is 108 Å². The van der Waals surface area contributed by atoms with E-state index in [9.17, 15) is 0 Å². The number of nitrogens with one attached hydrogen (secondary N) is 1. The third-order valence-corrected chi connectivity index (χ3v) is 3.86. The van der Waals surface area contributed by atoms with Crippen LogP contribution in [0.25, 0.3) is 5.70 Å². The Kier molecular flexibility index (Phi) is 12.5. The zero-order valence-corrected chi connectivity index (χ0v) is 17.5. The van der Waals surface area contributed by atoms with Crippen molar-refractivity contribution in [1.82, 2.24) is 5.32 Å². The molecule has 0 saturated heterocycles. The van der Waals surface area contributed by atoms with Crippen LogP contribution in [0, 0.1) is 10.1 Å². The van der Waals surface area contributed by atoms with E-state index in [2.05, 4.69) is 29.4 Å². The Morgan fingerprint density at radius 1 is 1.31 bits per heavy atom. The number of para-hydroxylation sites is 1. The van der Waals surface area contributed by atoms with Crippen LogP contribution in [0.4, 0.5) is 5.69 Å². The largest absolute Gasteiger partial charge is 0.495 e. The number of aliphatic hydroxyl groups is 1. The molecule has 1 aromatic rings. The number of hydrogen-bond acceptors (Lipinski definition) is 6. The third kappa shape index (κ3) is 8.09. The lowest BCUT2D eigenvalue weighted by Crippen LogP contribution is -2.26. The average molecular weight is 481 g/mol. The van der Waals surface area contributed by atoms with Crippen molar-refractivity contribution < 1.29 is 20.1 Å². The van der Waals surface area contributed by atoms with Crippen molar-refractivity contribution in [3.05, 3.63) is 40.0 Å². The number of methoxy groups -OCH3 is 1. The van der Waals surface area contributed by atoms with E-state index in [4.69, 9.17) is 25.2 Å². The van der Waals surface area contributed by atoms with E-state index in [0.29, 0.717) is 6.61 Å². The molecule has 2 rings (SSSR count). The Bertz CT molecular complexity index is 580. The molecular formula is C17H28IN3O5. The highest BCUT2D eigenvalue weighted by molar-refractivity contribution is 14.0. The standard InChI is InChI=1S/C17H26N2O2.HI.HNO3/c1-19-12-10-15(18-11-5-3-4-6-13-20)14-8-7-9-16(21-2)17(14)19;;2-1(3)4/h7-10,18,20H,3-6,11-13H2,1-2H3;1H;(H,2,3,4). The maximum Gasteiger partial charge on any atom is 0.291 e. The molecule has 0 atom stereocenters. The number of aliphatic hydroxyl groups excluding tert-OH is 1. The van der Waals surface area contributed by atoms with Crippen LogP contribution in [0.2, 0.25) is 0 Å². The molecule has 0 fully saturated rings. The van der Waals surface area contributed by atoms with Crippen molar-refractivity contribution in [3.63, 3.8) is 0 Å². The number of rotatable bonds is 8. The second-order valence-electron chi connectivity index (χ2n) is 5.66. The minimum Gasteiger partial charge on any atom is -0.495 e. The van der Waals surface area contributed by atoms with Crippen LogP contribution in [0.15, 0.2) is 24.3 Å². The van der Waals surface area contributed by atoms with Crippen molar-refractivity contribution in [3.8, 4) is 5.75 Å². The number of fused-ring (bicyclic) bond motifs is 1. The van der Waals surface area contributed by atoms with E-state index in [1.54, 1.807) is 7.11 Å². The zero-order valence-electron chi connectivity index (χ0n) is 15.2. The summed E-state index contributed by atoms with van der Waals surface area (Å²) in [6, 6.07) is 6.18. The summed E-state index contributed by atoms with van der Waals surface area (Å²) < 4.78 is 5.48. The number of benzene rings is 1. The van der Waals surface area contributed by atoms with Crippen LogP contribution in [-0.4, -0.2) is 49.3 Å². The molecule has 0 saturated carbocycles. The minimum absolute atomic E-state index is 0. The number of unbranched alkanes of at least 4 members (excludes halogenated alkanes) is 3. The fraction of sp³-hybridized carbons (Fsp3) is 0.529. The maximum atomic E-state index is 8.77. The molecule has 8 nitrogen and oxygen atoms in total. The van der Waals surface area contributed by atoms with Gasteiger partial charge in [-0.25, -0.2) is 0 Å².